The van der Waals surface area contributed by atoms with Crippen LogP contribution in [0.1, 0.15) is 33.3 Å². The van der Waals surface area contributed by atoms with Gasteiger partial charge in [0, 0.05) is 29.4 Å². The highest BCUT2D eigenvalue weighted by atomic mass is 35.5. The van der Waals surface area contributed by atoms with Crippen molar-refractivity contribution in [2.75, 3.05) is 11.9 Å². The molecule has 0 aromatic heterocycles. The van der Waals surface area contributed by atoms with E-state index in [-0.39, 0.29) is 12.0 Å². The van der Waals surface area contributed by atoms with Crippen molar-refractivity contribution in [2.45, 2.75) is 40.3 Å². The second kappa shape index (κ2) is 5.28. The fourth-order valence-electron chi connectivity index (χ4n) is 1.79. The summed E-state index contributed by atoms with van der Waals surface area (Å²) in [5, 5.41) is 10.1. The molecule has 1 unspecified atom stereocenters. The van der Waals surface area contributed by atoms with Crippen molar-refractivity contribution in [2.24, 2.45) is 5.41 Å². The third-order valence-electron chi connectivity index (χ3n) is 3.43. The fraction of sp³-hybridized carbons (Fsp3) is 0.571. The molecule has 0 heterocycles. The van der Waals surface area contributed by atoms with Gasteiger partial charge in [0.25, 0.3) is 0 Å². The number of hydrogen-bond donors (Lipinski definition) is 1. The van der Waals surface area contributed by atoms with Crippen LogP contribution in [0, 0.1) is 5.41 Å². The molecule has 0 fully saturated rings. The van der Waals surface area contributed by atoms with Gasteiger partial charge in [-0.2, -0.15) is 0 Å². The van der Waals surface area contributed by atoms with E-state index in [9.17, 15) is 5.11 Å². The van der Waals surface area contributed by atoms with Gasteiger partial charge in [-0.25, -0.2) is 0 Å². The minimum absolute atomic E-state index is 0.0354. The van der Waals surface area contributed by atoms with Crippen LogP contribution in [0.15, 0.2) is 18.2 Å². The van der Waals surface area contributed by atoms with Crippen molar-refractivity contribution in [3.8, 4) is 0 Å². The molecule has 96 valence electrons. The lowest BCUT2D eigenvalue weighted by atomic mass is 9.86. The van der Waals surface area contributed by atoms with E-state index in [4.69, 9.17) is 11.6 Å². The molecule has 1 atom stereocenters. The van der Waals surface area contributed by atoms with Gasteiger partial charge in [-0.3, -0.25) is 0 Å². The van der Waals surface area contributed by atoms with Crippen LogP contribution >= 0.6 is 11.6 Å². The number of anilines is 1. The highest BCUT2D eigenvalue weighted by Crippen LogP contribution is 2.31. The molecule has 3 heteroatoms. The first-order chi connectivity index (χ1) is 7.77. The SMILES string of the molecule is CC(N(C)c1cc(Cl)ccc1CO)C(C)(C)C. The van der Waals surface area contributed by atoms with Gasteiger partial charge in [0.2, 0.25) is 0 Å². The Bertz CT molecular complexity index is 384. The zero-order valence-electron chi connectivity index (χ0n) is 11.3. The van der Waals surface area contributed by atoms with Gasteiger partial charge in [0.1, 0.15) is 0 Å². The summed E-state index contributed by atoms with van der Waals surface area (Å²) in [6, 6.07) is 5.96. The molecular weight excluding hydrogens is 234 g/mol. The van der Waals surface area contributed by atoms with Crippen LogP contribution in [0.5, 0.6) is 0 Å². The first kappa shape index (κ1) is 14.3. The Morgan fingerprint density at radius 2 is 1.94 bits per heavy atom. The number of aliphatic hydroxyl groups excluding tert-OH is 1. The second-order valence-corrected chi connectivity index (χ2v) is 6.02. The van der Waals surface area contributed by atoms with Crippen molar-refractivity contribution in [1.29, 1.82) is 0 Å². The van der Waals surface area contributed by atoms with Gasteiger partial charge in [0.05, 0.1) is 6.61 Å². The molecule has 17 heavy (non-hydrogen) atoms. The monoisotopic (exact) mass is 255 g/mol. The predicted molar refractivity (Wildman–Crippen MR) is 74.7 cm³/mol. The molecule has 0 amide bonds. The molecule has 0 saturated carbocycles. The summed E-state index contributed by atoms with van der Waals surface area (Å²) in [5.41, 5.74) is 2.08. The van der Waals surface area contributed by atoms with Gasteiger partial charge < -0.3 is 10.0 Å². The molecule has 1 N–H and O–H groups in total. The van der Waals surface area contributed by atoms with Crippen molar-refractivity contribution in [1.82, 2.24) is 0 Å². The predicted octanol–water partition coefficient (Wildman–Crippen LogP) is 3.70. The number of hydrogen-bond acceptors (Lipinski definition) is 2. The van der Waals surface area contributed by atoms with E-state index in [1.165, 1.54) is 0 Å². The topological polar surface area (TPSA) is 23.5 Å². The van der Waals surface area contributed by atoms with Crippen molar-refractivity contribution in [3.63, 3.8) is 0 Å². The Balaban J connectivity index is 3.10. The lowest BCUT2D eigenvalue weighted by molar-refractivity contribution is 0.280. The number of nitrogens with zero attached hydrogens (tertiary/aromatic N) is 1. The van der Waals surface area contributed by atoms with Gasteiger partial charge in [-0.05, 0) is 24.5 Å². The summed E-state index contributed by atoms with van der Waals surface area (Å²) in [4.78, 5) is 2.18. The summed E-state index contributed by atoms with van der Waals surface area (Å²) >= 11 is 6.03. The van der Waals surface area contributed by atoms with E-state index in [0.29, 0.717) is 11.1 Å². The first-order valence-electron chi connectivity index (χ1n) is 5.89. The molecule has 2 nitrogen and oxygen atoms in total. The first-order valence-corrected chi connectivity index (χ1v) is 6.27. The maximum atomic E-state index is 9.37. The molecule has 0 saturated heterocycles. The van der Waals surface area contributed by atoms with Gasteiger partial charge in [-0.1, -0.05) is 38.4 Å². The average molecular weight is 256 g/mol. The third-order valence-corrected chi connectivity index (χ3v) is 3.67. The Labute approximate surface area is 109 Å². The van der Waals surface area contributed by atoms with Gasteiger partial charge in [0.15, 0.2) is 0 Å². The fourth-order valence-corrected chi connectivity index (χ4v) is 1.95. The summed E-state index contributed by atoms with van der Waals surface area (Å²) in [6.45, 7) is 8.84. The normalized spacial score (nSPS) is 13.6. The quantitative estimate of drug-likeness (QED) is 0.890. The molecule has 1 aromatic carbocycles. The van der Waals surface area contributed by atoms with E-state index >= 15 is 0 Å². The Kier molecular flexibility index (Phi) is 4.45. The van der Waals surface area contributed by atoms with E-state index in [2.05, 4.69) is 32.6 Å². The zero-order chi connectivity index (χ0) is 13.2. The lowest BCUT2D eigenvalue weighted by Gasteiger charge is -2.37. The van der Waals surface area contributed by atoms with Crippen LogP contribution in [0.3, 0.4) is 0 Å². The molecular formula is C14H22ClNO. The van der Waals surface area contributed by atoms with Crippen LogP contribution in [-0.2, 0) is 6.61 Å². The third kappa shape index (κ3) is 3.36. The maximum Gasteiger partial charge on any atom is 0.0702 e. The van der Waals surface area contributed by atoms with Crippen molar-refractivity contribution in [3.05, 3.63) is 28.8 Å². The van der Waals surface area contributed by atoms with E-state index in [0.717, 1.165) is 11.3 Å². The molecule has 0 spiro atoms. The molecule has 0 radical (unpaired) electrons. The average Bonchev–Trinajstić information content (AvgIpc) is 2.25. The van der Waals surface area contributed by atoms with Crippen molar-refractivity contribution < 1.29 is 5.11 Å². The lowest BCUT2D eigenvalue weighted by Crippen LogP contribution is -2.39. The van der Waals surface area contributed by atoms with Crippen molar-refractivity contribution >= 4 is 17.3 Å². The van der Waals surface area contributed by atoms with Crippen LogP contribution in [-0.4, -0.2) is 18.2 Å². The Morgan fingerprint density at radius 1 is 1.35 bits per heavy atom. The van der Waals surface area contributed by atoms with E-state index in [1.807, 2.05) is 25.2 Å². The number of halogens is 1. The second-order valence-electron chi connectivity index (χ2n) is 5.58. The zero-order valence-corrected chi connectivity index (χ0v) is 12.0. The Morgan fingerprint density at radius 3 is 2.41 bits per heavy atom. The number of aliphatic hydroxyl groups is 1. The van der Waals surface area contributed by atoms with Crippen LogP contribution in [0.2, 0.25) is 5.02 Å². The van der Waals surface area contributed by atoms with Crippen LogP contribution in [0.4, 0.5) is 5.69 Å². The van der Waals surface area contributed by atoms with Crippen LogP contribution < -0.4 is 4.90 Å². The van der Waals surface area contributed by atoms with Crippen LogP contribution in [0.25, 0.3) is 0 Å². The highest BCUT2D eigenvalue weighted by molar-refractivity contribution is 6.30. The van der Waals surface area contributed by atoms with E-state index in [1.54, 1.807) is 0 Å². The largest absolute Gasteiger partial charge is 0.392 e. The molecule has 0 aliphatic rings. The molecule has 1 aromatic rings. The van der Waals surface area contributed by atoms with Gasteiger partial charge in [-0.15, -0.1) is 0 Å². The smallest absolute Gasteiger partial charge is 0.0702 e. The summed E-state index contributed by atoms with van der Waals surface area (Å²) in [5.74, 6) is 0. The minimum Gasteiger partial charge on any atom is -0.392 e. The molecule has 1 rings (SSSR count). The summed E-state index contributed by atoms with van der Waals surface area (Å²) in [7, 11) is 2.04. The number of rotatable bonds is 3. The number of benzene rings is 1. The Hall–Kier alpha value is -0.730. The van der Waals surface area contributed by atoms with Gasteiger partial charge >= 0.3 is 0 Å². The van der Waals surface area contributed by atoms with E-state index < -0.39 is 0 Å². The molecule has 0 bridgehead atoms. The maximum absolute atomic E-state index is 9.37. The molecule has 0 aliphatic carbocycles. The summed E-state index contributed by atoms with van der Waals surface area (Å²) in [6.07, 6.45) is 0. The highest BCUT2D eigenvalue weighted by Gasteiger charge is 2.25. The minimum atomic E-state index is 0.0354. The summed E-state index contributed by atoms with van der Waals surface area (Å²) < 4.78 is 0. The standard InChI is InChI=1S/C14H22ClNO/c1-10(14(2,3)4)16(5)13-8-12(15)7-6-11(13)9-17/h6-8,10,17H,9H2,1-5H3. The molecule has 0 aliphatic heterocycles.